The first-order valence-electron chi connectivity index (χ1n) is 7.28. The van der Waals surface area contributed by atoms with Gasteiger partial charge in [-0.05, 0) is 17.7 Å². The second-order valence-electron chi connectivity index (χ2n) is 5.16. The van der Waals surface area contributed by atoms with Gasteiger partial charge in [-0.25, -0.2) is 4.79 Å². The highest BCUT2D eigenvalue weighted by Crippen LogP contribution is 2.11. The van der Waals surface area contributed by atoms with E-state index in [-0.39, 0.29) is 24.3 Å². The van der Waals surface area contributed by atoms with Gasteiger partial charge in [-0.3, -0.25) is 9.59 Å². The zero-order chi connectivity index (χ0) is 16.8. The molecule has 124 valence electrons. The molecule has 1 aliphatic rings. The van der Waals surface area contributed by atoms with Crippen LogP contribution in [0, 0.1) is 0 Å². The van der Waals surface area contributed by atoms with E-state index in [9.17, 15) is 14.4 Å². The van der Waals surface area contributed by atoms with Crippen molar-refractivity contribution in [1.82, 2.24) is 20.9 Å². The molecule has 1 saturated heterocycles. The second kappa shape index (κ2) is 7.82. The first-order valence-corrected chi connectivity index (χ1v) is 7.66. The van der Waals surface area contributed by atoms with E-state index in [0.29, 0.717) is 24.7 Å². The number of halogens is 1. The van der Waals surface area contributed by atoms with Crippen LogP contribution in [-0.2, 0) is 16.1 Å². The van der Waals surface area contributed by atoms with E-state index in [1.54, 1.807) is 12.1 Å². The van der Waals surface area contributed by atoms with Crippen LogP contribution in [0.4, 0.5) is 4.79 Å². The van der Waals surface area contributed by atoms with Gasteiger partial charge >= 0.3 is 6.03 Å². The Balaban J connectivity index is 1.98. The van der Waals surface area contributed by atoms with Gasteiger partial charge in [0.1, 0.15) is 6.04 Å². The van der Waals surface area contributed by atoms with Crippen LogP contribution in [0.3, 0.4) is 0 Å². The minimum Gasteiger partial charge on any atom is -0.359 e. The highest BCUT2D eigenvalue weighted by atomic mass is 35.5. The maximum atomic E-state index is 12.3. The summed E-state index contributed by atoms with van der Waals surface area (Å²) in [7, 11) is 1.49. The van der Waals surface area contributed by atoms with Crippen molar-refractivity contribution in [1.29, 1.82) is 0 Å². The van der Waals surface area contributed by atoms with E-state index >= 15 is 0 Å². The van der Waals surface area contributed by atoms with Gasteiger partial charge in [0, 0.05) is 31.7 Å². The van der Waals surface area contributed by atoms with Gasteiger partial charge in [0.25, 0.3) is 0 Å². The van der Waals surface area contributed by atoms with Gasteiger partial charge in [-0.1, -0.05) is 23.7 Å². The highest BCUT2D eigenvalue weighted by molar-refractivity contribution is 6.30. The summed E-state index contributed by atoms with van der Waals surface area (Å²) in [6.45, 7) is 1.05. The molecule has 1 aromatic carbocycles. The third-order valence-electron chi connectivity index (χ3n) is 3.61. The summed E-state index contributed by atoms with van der Waals surface area (Å²) in [6, 6.07) is 5.94. The third kappa shape index (κ3) is 4.59. The van der Waals surface area contributed by atoms with Crippen LogP contribution >= 0.6 is 11.6 Å². The monoisotopic (exact) mass is 338 g/mol. The fourth-order valence-electron chi connectivity index (χ4n) is 2.32. The molecule has 8 heteroatoms. The van der Waals surface area contributed by atoms with Gasteiger partial charge in [0.05, 0.1) is 6.42 Å². The van der Waals surface area contributed by atoms with Crippen LogP contribution in [0.2, 0.25) is 5.02 Å². The smallest absolute Gasteiger partial charge is 0.318 e. The SMILES string of the molecule is CNC(=O)C[C@@H]1C(=O)NCCN1C(=O)NCc1ccc(Cl)cc1. The van der Waals surface area contributed by atoms with Crippen molar-refractivity contribution >= 4 is 29.4 Å². The Morgan fingerprint density at radius 3 is 2.70 bits per heavy atom. The first-order chi connectivity index (χ1) is 11.0. The number of urea groups is 1. The van der Waals surface area contributed by atoms with Crippen molar-refractivity contribution in [2.45, 2.75) is 19.0 Å². The Kier molecular flexibility index (Phi) is 5.81. The Morgan fingerprint density at radius 1 is 1.35 bits per heavy atom. The molecule has 1 fully saturated rings. The summed E-state index contributed by atoms with van der Waals surface area (Å²) in [6.07, 6.45) is -0.0588. The molecule has 1 aromatic rings. The largest absolute Gasteiger partial charge is 0.359 e. The average Bonchev–Trinajstić information content (AvgIpc) is 2.55. The van der Waals surface area contributed by atoms with Crippen LogP contribution in [0.1, 0.15) is 12.0 Å². The van der Waals surface area contributed by atoms with E-state index in [1.165, 1.54) is 11.9 Å². The number of hydrogen-bond donors (Lipinski definition) is 3. The predicted octanol–water partition coefficient (Wildman–Crippen LogP) is 0.486. The van der Waals surface area contributed by atoms with Crippen LogP contribution in [0.25, 0.3) is 0 Å². The molecule has 1 aliphatic heterocycles. The molecule has 0 bridgehead atoms. The standard InChI is InChI=1S/C15H19ClN4O3/c1-17-13(21)8-12-14(22)18-6-7-20(12)15(23)19-9-10-2-4-11(16)5-3-10/h2-5,12H,6-9H2,1H3,(H,17,21)(H,18,22)(H,19,23)/t12-/m1/s1. The normalized spacial score (nSPS) is 17.4. The van der Waals surface area contributed by atoms with E-state index in [2.05, 4.69) is 16.0 Å². The molecule has 3 N–H and O–H groups in total. The van der Waals surface area contributed by atoms with Crippen molar-refractivity contribution < 1.29 is 14.4 Å². The zero-order valence-electron chi connectivity index (χ0n) is 12.8. The molecule has 23 heavy (non-hydrogen) atoms. The maximum Gasteiger partial charge on any atom is 0.318 e. The van der Waals surface area contributed by atoms with Crippen molar-refractivity contribution in [3.05, 3.63) is 34.9 Å². The Morgan fingerprint density at radius 2 is 2.04 bits per heavy atom. The Bertz CT molecular complexity index is 591. The predicted molar refractivity (Wildman–Crippen MR) is 85.9 cm³/mol. The van der Waals surface area contributed by atoms with Crippen LogP contribution < -0.4 is 16.0 Å². The quantitative estimate of drug-likeness (QED) is 0.746. The van der Waals surface area contributed by atoms with E-state index in [1.807, 2.05) is 12.1 Å². The van der Waals surface area contributed by atoms with Crippen molar-refractivity contribution in [3.63, 3.8) is 0 Å². The molecule has 0 radical (unpaired) electrons. The van der Waals surface area contributed by atoms with Gasteiger partial charge in [0.15, 0.2) is 0 Å². The molecular weight excluding hydrogens is 320 g/mol. The number of benzene rings is 1. The lowest BCUT2D eigenvalue weighted by Crippen LogP contribution is -2.60. The third-order valence-corrected chi connectivity index (χ3v) is 3.86. The fourth-order valence-corrected chi connectivity index (χ4v) is 2.45. The van der Waals surface area contributed by atoms with Crippen molar-refractivity contribution in [3.8, 4) is 0 Å². The summed E-state index contributed by atoms with van der Waals surface area (Å²) in [5.41, 5.74) is 0.895. The highest BCUT2D eigenvalue weighted by Gasteiger charge is 2.34. The minimum atomic E-state index is -0.797. The van der Waals surface area contributed by atoms with Gasteiger partial charge in [-0.15, -0.1) is 0 Å². The topological polar surface area (TPSA) is 90.5 Å². The first kappa shape index (κ1) is 17.1. The molecule has 2 rings (SSSR count). The lowest BCUT2D eigenvalue weighted by Gasteiger charge is -2.34. The lowest BCUT2D eigenvalue weighted by molar-refractivity contribution is -0.132. The summed E-state index contributed by atoms with van der Waals surface area (Å²) in [4.78, 5) is 37.2. The molecule has 0 unspecified atom stereocenters. The zero-order valence-corrected chi connectivity index (χ0v) is 13.5. The van der Waals surface area contributed by atoms with Crippen molar-refractivity contribution in [2.24, 2.45) is 0 Å². The van der Waals surface area contributed by atoms with E-state index < -0.39 is 6.04 Å². The Hall–Kier alpha value is -2.28. The number of rotatable bonds is 4. The van der Waals surface area contributed by atoms with Crippen LogP contribution in [-0.4, -0.2) is 48.9 Å². The summed E-state index contributed by atoms with van der Waals surface area (Å²) in [5, 5.41) is 8.52. The molecule has 0 aliphatic carbocycles. The minimum absolute atomic E-state index is 0.0588. The molecule has 0 aromatic heterocycles. The van der Waals surface area contributed by atoms with E-state index in [4.69, 9.17) is 11.6 Å². The molecule has 1 heterocycles. The molecule has 1 atom stereocenters. The molecule has 0 spiro atoms. The number of nitrogens with one attached hydrogen (secondary N) is 3. The number of nitrogens with zero attached hydrogens (tertiary/aromatic N) is 1. The molecule has 0 saturated carbocycles. The van der Waals surface area contributed by atoms with Crippen LogP contribution in [0.15, 0.2) is 24.3 Å². The van der Waals surface area contributed by atoms with Crippen LogP contribution in [0.5, 0.6) is 0 Å². The molecule has 7 nitrogen and oxygen atoms in total. The summed E-state index contributed by atoms with van der Waals surface area (Å²) < 4.78 is 0. The number of amides is 4. The van der Waals surface area contributed by atoms with Gasteiger partial charge in [-0.2, -0.15) is 0 Å². The number of hydrogen-bond acceptors (Lipinski definition) is 3. The average molecular weight is 339 g/mol. The number of carbonyl (C=O) groups is 3. The maximum absolute atomic E-state index is 12.3. The second-order valence-corrected chi connectivity index (χ2v) is 5.60. The summed E-state index contributed by atoms with van der Waals surface area (Å²) in [5.74, 6) is -0.607. The lowest BCUT2D eigenvalue weighted by atomic mass is 10.1. The number of carbonyl (C=O) groups excluding carboxylic acids is 3. The molecule has 4 amide bonds. The van der Waals surface area contributed by atoms with Gasteiger partial charge in [0.2, 0.25) is 11.8 Å². The summed E-state index contributed by atoms with van der Waals surface area (Å²) >= 11 is 5.82. The van der Waals surface area contributed by atoms with Crippen molar-refractivity contribution in [2.75, 3.05) is 20.1 Å². The Labute approximate surface area is 139 Å². The molecular formula is C15H19ClN4O3. The number of piperazine rings is 1. The van der Waals surface area contributed by atoms with Gasteiger partial charge < -0.3 is 20.9 Å². The van der Waals surface area contributed by atoms with E-state index in [0.717, 1.165) is 5.56 Å². The fraction of sp³-hybridized carbons (Fsp3) is 0.400.